The van der Waals surface area contributed by atoms with E-state index in [4.69, 9.17) is 31.5 Å². The topological polar surface area (TPSA) is 97.3 Å². The van der Waals surface area contributed by atoms with Crippen molar-refractivity contribution in [2.75, 3.05) is 12.3 Å². The first-order chi connectivity index (χ1) is 28.5. The van der Waals surface area contributed by atoms with E-state index in [9.17, 15) is 0 Å². The number of nitrogens with zero attached hydrogens (tertiary/aromatic N) is 4. The van der Waals surface area contributed by atoms with Gasteiger partial charge in [0.05, 0.1) is 12.9 Å². The molecular formula is C48H39ClFN5O3. The van der Waals surface area contributed by atoms with Crippen molar-refractivity contribution in [2.45, 2.75) is 35.8 Å². The SMILES string of the molecule is Nc1nc(Cl)c2ncn([C@@H]3O[C@H](COC(c4ccccc4)(c4ccccc4)c4ccccc4)[C@@H](OC(c4ccccc4)(c4ccccc4)c4ccccc4)[C@H]3F)c2n1. The second-order valence-electron chi connectivity index (χ2n) is 14.2. The van der Waals surface area contributed by atoms with E-state index in [0.29, 0.717) is 0 Å². The largest absolute Gasteiger partial charge is 0.368 e. The summed E-state index contributed by atoms with van der Waals surface area (Å²) in [6.45, 7) is -0.0841. The minimum absolute atomic E-state index is 0.0527. The third-order valence-corrected chi connectivity index (χ3v) is 11.1. The molecule has 288 valence electrons. The van der Waals surface area contributed by atoms with Gasteiger partial charge in [0, 0.05) is 0 Å². The minimum Gasteiger partial charge on any atom is -0.368 e. The Balaban J connectivity index is 1.22. The number of halogens is 2. The fraction of sp³-hybridized carbons (Fsp3) is 0.146. The fourth-order valence-electron chi connectivity index (χ4n) is 8.18. The first kappa shape index (κ1) is 37.4. The summed E-state index contributed by atoms with van der Waals surface area (Å²) in [7, 11) is 0. The van der Waals surface area contributed by atoms with E-state index in [2.05, 4.69) is 15.0 Å². The molecule has 1 aliphatic rings. The summed E-state index contributed by atoms with van der Waals surface area (Å²) < 4.78 is 41.1. The van der Waals surface area contributed by atoms with Crippen LogP contribution in [0.25, 0.3) is 11.2 Å². The highest BCUT2D eigenvalue weighted by atomic mass is 35.5. The molecule has 2 N–H and O–H groups in total. The molecule has 0 saturated carbocycles. The standard InChI is InChI=1S/C48H39ClFN5O3/c49-43-41-44(54-46(51)53-43)55(32-52-41)45-40(50)42(58-48(36-25-13-4-14-26-36,37-27-15-5-16-28-37)38-29-17-6-18-30-38)39(57-45)31-56-47(33-19-7-1-8-20-33,34-21-9-2-10-22-34)35-23-11-3-12-24-35/h1-30,32,39-40,42,45H,31H2,(H2,51,53,54)/t39-,40-,42-,45-/m1/s1. The Morgan fingerprint density at radius 1 is 0.603 bits per heavy atom. The van der Waals surface area contributed by atoms with Crippen molar-refractivity contribution in [3.8, 4) is 0 Å². The highest BCUT2D eigenvalue weighted by Crippen LogP contribution is 2.47. The number of ether oxygens (including phenoxy) is 3. The van der Waals surface area contributed by atoms with Gasteiger partial charge in [-0.15, -0.1) is 0 Å². The van der Waals surface area contributed by atoms with Crippen LogP contribution in [0.3, 0.4) is 0 Å². The van der Waals surface area contributed by atoms with Crippen LogP contribution in [-0.2, 0) is 25.4 Å². The van der Waals surface area contributed by atoms with E-state index in [1.54, 1.807) is 0 Å². The molecule has 0 spiro atoms. The van der Waals surface area contributed by atoms with Gasteiger partial charge in [-0.1, -0.05) is 194 Å². The molecule has 0 radical (unpaired) electrons. The second-order valence-corrected chi connectivity index (χ2v) is 14.5. The quantitative estimate of drug-likeness (QED) is 0.0973. The highest BCUT2D eigenvalue weighted by molar-refractivity contribution is 6.33. The Morgan fingerprint density at radius 3 is 1.41 bits per heavy atom. The molecule has 0 aliphatic carbocycles. The van der Waals surface area contributed by atoms with Gasteiger partial charge in [0.1, 0.15) is 28.9 Å². The van der Waals surface area contributed by atoms with E-state index < -0.39 is 35.8 Å². The number of imidazole rings is 1. The molecular weight excluding hydrogens is 749 g/mol. The number of nitrogens with two attached hydrogens (primary N) is 1. The predicted molar refractivity (Wildman–Crippen MR) is 223 cm³/mol. The van der Waals surface area contributed by atoms with Crippen molar-refractivity contribution in [1.82, 2.24) is 19.5 Å². The van der Waals surface area contributed by atoms with Crippen molar-refractivity contribution in [3.63, 3.8) is 0 Å². The van der Waals surface area contributed by atoms with E-state index in [1.807, 2.05) is 182 Å². The summed E-state index contributed by atoms with van der Waals surface area (Å²) in [5.74, 6) is -0.0741. The maximum atomic E-state index is 18.0. The summed E-state index contributed by atoms with van der Waals surface area (Å²) in [5, 5.41) is 0.0527. The summed E-state index contributed by atoms with van der Waals surface area (Å²) in [6, 6.07) is 59.7. The van der Waals surface area contributed by atoms with Gasteiger partial charge < -0.3 is 19.9 Å². The molecule has 4 atom stereocenters. The van der Waals surface area contributed by atoms with E-state index in [-0.39, 0.29) is 28.9 Å². The highest BCUT2D eigenvalue weighted by Gasteiger charge is 2.53. The van der Waals surface area contributed by atoms with Gasteiger partial charge in [-0.3, -0.25) is 4.57 Å². The Kier molecular flexibility index (Phi) is 10.3. The number of hydrogen-bond acceptors (Lipinski definition) is 7. The summed E-state index contributed by atoms with van der Waals surface area (Å²) in [4.78, 5) is 12.9. The molecule has 6 aromatic carbocycles. The van der Waals surface area contributed by atoms with Crippen molar-refractivity contribution >= 4 is 28.7 Å². The van der Waals surface area contributed by atoms with E-state index in [1.165, 1.54) is 10.9 Å². The number of anilines is 1. The third kappa shape index (κ3) is 6.62. The molecule has 0 unspecified atom stereocenters. The van der Waals surface area contributed by atoms with Gasteiger partial charge in [0.25, 0.3) is 0 Å². The van der Waals surface area contributed by atoms with Crippen LogP contribution >= 0.6 is 11.6 Å². The lowest BCUT2D eigenvalue weighted by atomic mass is 9.79. The van der Waals surface area contributed by atoms with Crippen LogP contribution in [0.5, 0.6) is 0 Å². The Hall–Kier alpha value is -6.23. The molecule has 3 heterocycles. The number of alkyl halides is 1. The maximum Gasteiger partial charge on any atom is 0.223 e. The number of nitrogen functional groups attached to an aromatic ring is 1. The Bertz CT molecular complexity index is 2390. The van der Waals surface area contributed by atoms with Crippen molar-refractivity contribution < 1.29 is 18.6 Å². The van der Waals surface area contributed by atoms with Crippen molar-refractivity contribution in [3.05, 3.63) is 227 Å². The summed E-state index contributed by atoms with van der Waals surface area (Å²) in [5.41, 5.74) is 9.29. The normalized spacial score (nSPS) is 18.4. The second kappa shape index (κ2) is 16.0. The molecule has 1 fully saturated rings. The number of rotatable bonds is 12. The lowest BCUT2D eigenvalue weighted by molar-refractivity contribution is -0.128. The zero-order valence-corrected chi connectivity index (χ0v) is 32.0. The Labute approximate surface area is 340 Å². The van der Waals surface area contributed by atoms with Gasteiger partial charge in [0.15, 0.2) is 23.2 Å². The number of aromatic nitrogens is 4. The molecule has 0 bridgehead atoms. The van der Waals surface area contributed by atoms with Gasteiger partial charge >= 0.3 is 0 Å². The fourth-order valence-corrected chi connectivity index (χ4v) is 8.40. The predicted octanol–water partition coefficient (Wildman–Crippen LogP) is 9.68. The number of fused-ring (bicyclic) bond motifs is 1. The van der Waals surface area contributed by atoms with Gasteiger partial charge in [0.2, 0.25) is 5.95 Å². The lowest BCUT2D eigenvalue weighted by Crippen LogP contribution is -2.45. The number of hydrogen-bond donors (Lipinski definition) is 1. The van der Waals surface area contributed by atoms with Gasteiger partial charge in [-0.25, -0.2) is 9.37 Å². The molecule has 10 heteroatoms. The molecule has 0 amide bonds. The van der Waals surface area contributed by atoms with Crippen molar-refractivity contribution in [1.29, 1.82) is 0 Å². The first-order valence-electron chi connectivity index (χ1n) is 19.1. The lowest BCUT2D eigenvalue weighted by Gasteiger charge is -2.40. The van der Waals surface area contributed by atoms with E-state index in [0.717, 1.165) is 33.4 Å². The monoisotopic (exact) mass is 787 g/mol. The zero-order chi connectivity index (χ0) is 39.5. The summed E-state index contributed by atoms with van der Waals surface area (Å²) >= 11 is 6.46. The molecule has 1 saturated heterocycles. The van der Waals surface area contributed by atoms with Crippen LogP contribution in [0.15, 0.2) is 188 Å². The minimum atomic E-state index is -1.77. The first-order valence-corrected chi connectivity index (χ1v) is 19.5. The van der Waals surface area contributed by atoms with Gasteiger partial charge in [-0.05, 0) is 33.4 Å². The smallest absolute Gasteiger partial charge is 0.223 e. The van der Waals surface area contributed by atoms with Crippen LogP contribution in [-0.4, -0.2) is 44.5 Å². The summed E-state index contributed by atoms with van der Waals surface area (Å²) in [6.07, 6.45) is -3.76. The molecule has 58 heavy (non-hydrogen) atoms. The van der Waals surface area contributed by atoms with Crippen LogP contribution in [0.2, 0.25) is 5.15 Å². The molecule has 9 rings (SSSR count). The number of benzene rings is 6. The molecule has 2 aromatic heterocycles. The van der Waals surface area contributed by atoms with Crippen LogP contribution < -0.4 is 5.73 Å². The zero-order valence-electron chi connectivity index (χ0n) is 31.3. The third-order valence-electron chi connectivity index (χ3n) is 10.8. The average molecular weight is 788 g/mol. The van der Waals surface area contributed by atoms with Crippen molar-refractivity contribution in [2.24, 2.45) is 0 Å². The van der Waals surface area contributed by atoms with Gasteiger partial charge in [-0.2, -0.15) is 9.97 Å². The van der Waals surface area contributed by atoms with Crippen LogP contribution in [0.1, 0.15) is 39.6 Å². The molecule has 1 aliphatic heterocycles. The molecule has 8 nitrogen and oxygen atoms in total. The van der Waals surface area contributed by atoms with Crippen LogP contribution in [0.4, 0.5) is 10.3 Å². The molecule has 8 aromatic rings. The Morgan fingerprint density at radius 2 is 1.00 bits per heavy atom. The van der Waals surface area contributed by atoms with Crippen LogP contribution in [0, 0.1) is 0 Å². The average Bonchev–Trinajstić information content (AvgIpc) is 3.84. The maximum absolute atomic E-state index is 18.0. The van der Waals surface area contributed by atoms with E-state index >= 15 is 4.39 Å².